The van der Waals surface area contributed by atoms with Gasteiger partial charge in [0.25, 0.3) is 11.6 Å². The second kappa shape index (κ2) is 7.26. The third kappa shape index (κ3) is 3.51. The highest BCUT2D eigenvalue weighted by atomic mass is 16.6. The van der Waals surface area contributed by atoms with E-state index in [0.29, 0.717) is 29.3 Å². The molecule has 26 heavy (non-hydrogen) atoms. The molecule has 0 fully saturated rings. The van der Waals surface area contributed by atoms with Crippen molar-refractivity contribution in [2.75, 3.05) is 6.61 Å². The number of furan rings is 1. The first kappa shape index (κ1) is 17.5. The number of nitrogens with zero attached hydrogens (tertiary/aromatic N) is 1. The lowest BCUT2D eigenvalue weighted by atomic mass is 10.1. The topological polar surface area (TPSA) is 94.6 Å². The van der Waals surface area contributed by atoms with Crippen molar-refractivity contribution in [2.45, 2.75) is 19.9 Å². The van der Waals surface area contributed by atoms with E-state index >= 15 is 0 Å². The highest BCUT2D eigenvalue weighted by molar-refractivity contribution is 5.94. The molecule has 7 heteroatoms. The van der Waals surface area contributed by atoms with Crippen LogP contribution in [0.15, 0.2) is 52.9 Å². The average molecular weight is 354 g/mol. The SMILES string of the molecule is CCOc1cccc2cc(C(C)NC(=O)c3ccc([N+](=O)[O-])cc3)oc12. The van der Waals surface area contributed by atoms with Crippen molar-refractivity contribution in [3.05, 3.63) is 70.0 Å². The fraction of sp³-hybridized carbons (Fsp3) is 0.211. The molecule has 1 aromatic heterocycles. The first-order valence-electron chi connectivity index (χ1n) is 8.20. The van der Waals surface area contributed by atoms with E-state index in [1.807, 2.05) is 31.2 Å². The van der Waals surface area contributed by atoms with E-state index in [1.165, 1.54) is 24.3 Å². The Balaban J connectivity index is 1.77. The average Bonchev–Trinajstić information content (AvgIpc) is 3.07. The lowest BCUT2D eigenvalue weighted by molar-refractivity contribution is -0.384. The maximum atomic E-state index is 12.3. The van der Waals surface area contributed by atoms with Crippen LogP contribution in [-0.2, 0) is 0 Å². The van der Waals surface area contributed by atoms with Gasteiger partial charge in [0.2, 0.25) is 0 Å². The van der Waals surface area contributed by atoms with Gasteiger partial charge in [-0.2, -0.15) is 0 Å². The van der Waals surface area contributed by atoms with Crippen molar-refractivity contribution in [1.29, 1.82) is 0 Å². The highest BCUT2D eigenvalue weighted by Crippen LogP contribution is 2.31. The van der Waals surface area contributed by atoms with Crippen molar-refractivity contribution in [3.8, 4) is 5.75 Å². The minimum Gasteiger partial charge on any atom is -0.490 e. The molecule has 0 saturated heterocycles. The molecular weight excluding hydrogens is 336 g/mol. The number of hydrogen-bond acceptors (Lipinski definition) is 5. The molecule has 2 aromatic carbocycles. The van der Waals surface area contributed by atoms with Crippen LogP contribution in [0.2, 0.25) is 0 Å². The van der Waals surface area contributed by atoms with Crippen LogP contribution in [0.5, 0.6) is 5.75 Å². The summed E-state index contributed by atoms with van der Waals surface area (Å²) in [4.78, 5) is 22.5. The van der Waals surface area contributed by atoms with Gasteiger partial charge in [-0.1, -0.05) is 12.1 Å². The fourth-order valence-corrected chi connectivity index (χ4v) is 2.62. The van der Waals surface area contributed by atoms with Crippen molar-refractivity contribution in [1.82, 2.24) is 5.32 Å². The number of ether oxygens (including phenoxy) is 1. The summed E-state index contributed by atoms with van der Waals surface area (Å²) >= 11 is 0. The third-order valence-corrected chi connectivity index (χ3v) is 3.94. The van der Waals surface area contributed by atoms with E-state index < -0.39 is 4.92 Å². The molecule has 3 rings (SSSR count). The minimum absolute atomic E-state index is 0.0599. The largest absolute Gasteiger partial charge is 0.490 e. The van der Waals surface area contributed by atoms with Crippen molar-refractivity contribution in [2.24, 2.45) is 0 Å². The van der Waals surface area contributed by atoms with Gasteiger partial charge in [-0.25, -0.2) is 0 Å². The van der Waals surface area contributed by atoms with Gasteiger partial charge in [0.15, 0.2) is 11.3 Å². The molecule has 0 aliphatic rings. The predicted molar refractivity (Wildman–Crippen MR) is 96.4 cm³/mol. The first-order chi connectivity index (χ1) is 12.5. The van der Waals surface area contributed by atoms with E-state index in [4.69, 9.17) is 9.15 Å². The number of para-hydroxylation sites is 1. The van der Waals surface area contributed by atoms with E-state index in [1.54, 1.807) is 6.92 Å². The summed E-state index contributed by atoms with van der Waals surface area (Å²) in [7, 11) is 0. The van der Waals surface area contributed by atoms with Gasteiger partial charge in [-0.15, -0.1) is 0 Å². The summed E-state index contributed by atoms with van der Waals surface area (Å²) in [6, 6.07) is 12.6. The van der Waals surface area contributed by atoms with Crippen LogP contribution in [-0.4, -0.2) is 17.4 Å². The quantitative estimate of drug-likeness (QED) is 0.528. The van der Waals surface area contributed by atoms with Gasteiger partial charge in [0.1, 0.15) is 5.76 Å². The van der Waals surface area contributed by atoms with E-state index in [9.17, 15) is 14.9 Å². The normalized spacial score (nSPS) is 11.9. The summed E-state index contributed by atoms with van der Waals surface area (Å²) in [5.74, 6) is 0.922. The molecule has 1 heterocycles. The van der Waals surface area contributed by atoms with Crippen molar-refractivity contribution < 1.29 is 18.9 Å². The number of nitro benzene ring substituents is 1. The summed E-state index contributed by atoms with van der Waals surface area (Å²) in [6.45, 7) is 4.23. The fourth-order valence-electron chi connectivity index (χ4n) is 2.62. The van der Waals surface area contributed by atoms with Crippen molar-refractivity contribution in [3.63, 3.8) is 0 Å². The molecule has 3 aromatic rings. The number of non-ortho nitro benzene ring substituents is 1. The summed E-state index contributed by atoms with van der Waals surface area (Å²) in [5, 5.41) is 14.4. The lowest BCUT2D eigenvalue weighted by Crippen LogP contribution is -2.26. The van der Waals surface area contributed by atoms with E-state index in [-0.39, 0.29) is 17.6 Å². The van der Waals surface area contributed by atoms with Crippen LogP contribution in [0.1, 0.15) is 36.0 Å². The molecule has 134 valence electrons. The highest BCUT2D eigenvalue weighted by Gasteiger charge is 2.17. The van der Waals surface area contributed by atoms with Crippen molar-refractivity contribution >= 4 is 22.6 Å². The molecule has 1 N–H and O–H groups in total. The van der Waals surface area contributed by atoms with Crippen LogP contribution in [0.4, 0.5) is 5.69 Å². The zero-order valence-corrected chi connectivity index (χ0v) is 14.4. The number of nitro groups is 1. The second-order valence-corrected chi connectivity index (χ2v) is 5.76. The molecule has 1 atom stereocenters. The Morgan fingerprint density at radius 1 is 1.27 bits per heavy atom. The molecule has 0 spiro atoms. The van der Waals surface area contributed by atoms with Crippen LogP contribution in [0.25, 0.3) is 11.0 Å². The number of carbonyl (C=O) groups is 1. The molecule has 7 nitrogen and oxygen atoms in total. The molecule has 0 aliphatic heterocycles. The molecule has 1 amide bonds. The summed E-state index contributed by atoms with van der Waals surface area (Å²) in [6.07, 6.45) is 0. The Kier molecular flexibility index (Phi) is 4.88. The van der Waals surface area contributed by atoms with Gasteiger partial charge < -0.3 is 14.5 Å². The number of nitrogens with one attached hydrogen (secondary N) is 1. The molecular formula is C19H18N2O5. The van der Waals surface area contributed by atoms with Gasteiger partial charge in [-0.3, -0.25) is 14.9 Å². The van der Waals surface area contributed by atoms with Crippen LogP contribution in [0.3, 0.4) is 0 Å². The van der Waals surface area contributed by atoms with Crippen LogP contribution in [0, 0.1) is 10.1 Å². The summed E-state index contributed by atoms with van der Waals surface area (Å²) in [5.41, 5.74) is 0.921. The Bertz CT molecular complexity index is 946. The first-order valence-corrected chi connectivity index (χ1v) is 8.20. The van der Waals surface area contributed by atoms with Gasteiger partial charge in [0.05, 0.1) is 17.6 Å². The standard InChI is InChI=1S/C19H18N2O5/c1-3-25-16-6-4-5-14-11-17(26-18(14)16)12(2)20-19(22)13-7-9-15(10-8-13)21(23)24/h4-12H,3H2,1-2H3,(H,20,22). The van der Waals surface area contributed by atoms with E-state index in [2.05, 4.69) is 5.32 Å². The van der Waals surface area contributed by atoms with E-state index in [0.717, 1.165) is 5.39 Å². The third-order valence-electron chi connectivity index (χ3n) is 3.94. The smallest absolute Gasteiger partial charge is 0.269 e. The van der Waals surface area contributed by atoms with Gasteiger partial charge in [0, 0.05) is 23.1 Å². The molecule has 0 saturated carbocycles. The Morgan fingerprint density at radius 2 is 2.00 bits per heavy atom. The predicted octanol–water partition coefficient (Wildman–Crippen LogP) is 4.23. The maximum Gasteiger partial charge on any atom is 0.269 e. The number of carbonyl (C=O) groups excluding carboxylic acids is 1. The monoisotopic (exact) mass is 354 g/mol. The number of hydrogen-bond donors (Lipinski definition) is 1. The Morgan fingerprint density at radius 3 is 2.65 bits per heavy atom. The molecule has 0 radical (unpaired) electrons. The number of fused-ring (bicyclic) bond motifs is 1. The molecule has 0 bridgehead atoms. The second-order valence-electron chi connectivity index (χ2n) is 5.76. The van der Waals surface area contributed by atoms with Crippen LogP contribution >= 0.6 is 0 Å². The zero-order valence-electron chi connectivity index (χ0n) is 14.4. The van der Waals surface area contributed by atoms with Gasteiger partial charge >= 0.3 is 0 Å². The summed E-state index contributed by atoms with van der Waals surface area (Å²) < 4.78 is 11.4. The zero-order chi connectivity index (χ0) is 18.7. The number of rotatable bonds is 6. The minimum atomic E-state index is -0.505. The molecule has 0 aliphatic carbocycles. The molecule has 1 unspecified atom stereocenters. The number of benzene rings is 2. The maximum absolute atomic E-state index is 12.3. The Labute approximate surface area is 149 Å². The number of amides is 1. The lowest BCUT2D eigenvalue weighted by Gasteiger charge is -2.11. The van der Waals surface area contributed by atoms with Crippen LogP contribution < -0.4 is 10.1 Å². The van der Waals surface area contributed by atoms with Gasteiger partial charge in [-0.05, 0) is 38.1 Å². The Hall–Kier alpha value is -3.35.